The molecule has 1 aromatic carbocycles. The van der Waals surface area contributed by atoms with Gasteiger partial charge in [-0.1, -0.05) is 12.1 Å². The third-order valence-corrected chi connectivity index (χ3v) is 2.17. The van der Waals surface area contributed by atoms with Crippen LogP contribution in [0.25, 0.3) is 0 Å². The molecule has 0 saturated heterocycles. The van der Waals surface area contributed by atoms with E-state index in [0.717, 1.165) is 17.8 Å². The summed E-state index contributed by atoms with van der Waals surface area (Å²) in [5.74, 6) is 0.117. The fourth-order valence-electron chi connectivity index (χ4n) is 1.14. The highest BCUT2D eigenvalue weighted by Gasteiger charge is 2.02. The van der Waals surface area contributed by atoms with Crippen LogP contribution in [0.3, 0.4) is 0 Å². The summed E-state index contributed by atoms with van der Waals surface area (Å²) < 4.78 is 0. The van der Waals surface area contributed by atoms with Crippen LogP contribution >= 0.6 is 0 Å². The van der Waals surface area contributed by atoms with Crippen LogP contribution < -0.4 is 4.90 Å². The summed E-state index contributed by atoms with van der Waals surface area (Å²) in [6.45, 7) is 4.62. The molecule has 70 valence electrons. The number of carbonyl (C=O) groups is 1. The van der Waals surface area contributed by atoms with Crippen LogP contribution in [0.5, 0.6) is 0 Å². The topological polar surface area (TPSA) is 20.3 Å². The van der Waals surface area contributed by atoms with Crippen LogP contribution in [0.4, 0.5) is 5.69 Å². The molecule has 0 saturated carbocycles. The van der Waals surface area contributed by atoms with E-state index in [1.165, 1.54) is 0 Å². The van der Waals surface area contributed by atoms with Gasteiger partial charge in [-0.3, -0.25) is 4.79 Å². The Morgan fingerprint density at radius 1 is 1.46 bits per heavy atom. The summed E-state index contributed by atoms with van der Waals surface area (Å²) in [4.78, 5) is 13.2. The molecular weight excluding hydrogens is 162 g/mol. The van der Waals surface area contributed by atoms with Crippen LogP contribution in [0, 0.1) is 0 Å². The first-order valence-corrected chi connectivity index (χ1v) is 4.47. The van der Waals surface area contributed by atoms with Crippen LogP contribution in [0.1, 0.15) is 24.2 Å². The monoisotopic (exact) mass is 177 g/mol. The predicted octanol–water partition coefficient (Wildman–Crippen LogP) is 2.35. The van der Waals surface area contributed by atoms with Crippen molar-refractivity contribution in [2.75, 3.05) is 18.5 Å². The number of carbonyl (C=O) groups excluding carboxylic acids is 1. The van der Waals surface area contributed by atoms with Crippen molar-refractivity contribution in [2.45, 2.75) is 13.8 Å². The van der Waals surface area contributed by atoms with E-state index in [-0.39, 0.29) is 5.78 Å². The average Bonchev–Trinajstić information content (AvgIpc) is 2.17. The van der Waals surface area contributed by atoms with Gasteiger partial charge >= 0.3 is 0 Å². The van der Waals surface area contributed by atoms with Gasteiger partial charge in [0.15, 0.2) is 5.78 Å². The molecule has 0 heterocycles. The van der Waals surface area contributed by atoms with Crippen molar-refractivity contribution in [1.29, 1.82) is 0 Å². The second kappa shape index (κ2) is 4.08. The first-order chi connectivity index (χ1) is 6.15. The van der Waals surface area contributed by atoms with Gasteiger partial charge in [0.05, 0.1) is 0 Å². The molecule has 2 heteroatoms. The maximum atomic E-state index is 11.1. The number of anilines is 1. The van der Waals surface area contributed by atoms with Crippen molar-refractivity contribution in [2.24, 2.45) is 0 Å². The quantitative estimate of drug-likeness (QED) is 0.660. The Morgan fingerprint density at radius 3 is 2.69 bits per heavy atom. The number of benzene rings is 1. The molecule has 0 aliphatic heterocycles. The van der Waals surface area contributed by atoms with Gasteiger partial charge < -0.3 is 4.90 Å². The number of nitrogens with zero attached hydrogens (tertiary/aromatic N) is 1. The second-order valence-electron chi connectivity index (χ2n) is 3.12. The maximum absolute atomic E-state index is 11.1. The van der Waals surface area contributed by atoms with Crippen molar-refractivity contribution < 1.29 is 4.79 Å². The fraction of sp³-hybridized carbons (Fsp3) is 0.364. The molecule has 0 unspecified atom stereocenters. The third kappa shape index (κ3) is 2.31. The predicted molar refractivity (Wildman–Crippen MR) is 55.4 cm³/mol. The van der Waals surface area contributed by atoms with E-state index in [4.69, 9.17) is 0 Å². The molecule has 0 amide bonds. The Hall–Kier alpha value is -1.31. The minimum atomic E-state index is 0.117. The molecule has 0 atom stereocenters. The van der Waals surface area contributed by atoms with Crippen LogP contribution in [-0.2, 0) is 0 Å². The molecule has 0 bridgehead atoms. The lowest BCUT2D eigenvalue weighted by Crippen LogP contribution is -2.15. The molecule has 0 spiro atoms. The highest BCUT2D eigenvalue weighted by molar-refractivity contribution is 5.94. The number of hydrogen-bond acceptors (Lipinski definition) is 2. The molecule has 0 aliphatic carbocycles. The van der Waals surface area contributed by atoms with E-state index >= 15 is 0 Å². The largest absolute Gasteiger partial charge is 0.375 e. The van der Waals surface area contributed by atoms with E-state index < -0.39 is 0 Å². The van der Waals surface area contributed by atoms with Gasteiger partial charge in [-0.15, -0.1) is 0 Å². The van der Waals surface area contributed by atoms with Gasteiger partial charge in [-0.2, -0.15) is 0 Å². The fourth-order valence-corrected chi connectivity index (χ4v) is 1.14. The van der Waals surface area contributed by atoms with Gasteiger partial charge in [-0.25, -0.2) is 0 Å². The van der Waals surface area contributed by atoms with Crippen LogP contribution in [0.15, 0.2) is 24.3 Å². The first-order valence-electron chi connectivity index (χ1n) is 4.47. The van der Waals surface area contributed by atoms with E-state index in [2.05, 4.69) is 11.8 Å². The van der Waals surface area contributed by atoms with Crippen molar-refractivity contribution >= 4 is 11.5 Å². The van der Waals surface area contributed by atoms with Crippen LogP contribution in [-0.4, -0.2) is 19.4 Å². The highest BCUT2D eigenvalue weighted by atomic mass is 16.1. The third-order valence-electron chi connectivity index (χ3n) is 2.17. The van der Waals surface area contributed by atoms with E-state index in [9.17, 15) is 4.79 Å². The van der Waals surface area contributed by atoms with Gasteiger partial charge in [0, 0.05) is 24.8 Å². The molecule has 1 rings (SSSR count). The number of hydrogen-bond donors (Lipinski definition) is 0. The molecule has 1 aromatic rings. The minimum absolute atomic E-state index is 0.117. The molecule has 13 heavy (non-hydrogen) atoms. The van der Waals surface area contributed by atoms with Gasteiger partial charge in [0.2, 0.25) is 0 Å². The van der Waals surface area contributed by atoms with Crippen molar-refractivity contribution in [3.8, 4) is 0 Å². The SMILES string of the molecule is CCN(C)c1cccc(C(C)=O)c1. The molecule has 0 radical (unpaired) electrons. The number of Topliss-reactive ketones (excluding diaryl/α,β-unsaturated/α-hetero) is 1. The summed E-state index contributed by atoms with van der Waals surface area (Å²) >= 11 is 0. The molecule has 0 N–H and O–H groups in total. The Kier molecular flexibility index (Phi) is 3.07. The number of ketones is 1. The Morgan fingerprint density at radius 2 is 2.15 bits per heavy atom. The summed E-state index contributed by atoms with van der Waals surface area (Å²) in [7, 11) is 2.01. The molecule has 2 nitrogen and oxygen atoms in total. The lowest BCUT2D eigenvalue weighted by molar-refractivity contribution is 0.101. The molecule has 0 fully saturated rings. The number of rotatable bonds is 3. The summed E-state index contributed by atoms with van der Waals surface area (Å²) in [5, 5.41) is 0. The van der Waals surface area contributed by atoms with E-state index in [1.54, 1.807) is 6.92 Å². The summed E-state index contributed by atoms with van der Waals surface area (Å²) in [6, 6.07) is 7.69. The molecule has 0 aromatic heterocycles. The zero-order valence-corrected chi connectivity index (χ0v) is 8.37. The summed E-state index contributed by atoms with van der Waals surface area (Å²) in [5.41, 5.74) is 1.87. The normalized spacial score (nSPS) is 9.77. The standard InChI is InChI=1S/C11H15NO/c1-4-12(3)11-7-5-6-10(8-11)9(2)13/h5-8H,4H2,1-3H3. The molecular formula is C11H15NO. The van der Waals surface area contributed by atoms with Crippen molar-refractivity contribution in [3.05, 3.63) is 29.8 Å². The Labute approximate surface area is 79.2 Å². The zero-order chi connectivity index (χ0) is 9.84. The van der Waals surface area contributed by atoms with Crippen molar-refractivity contribution in [3.63, 3.8) is 0 Å². The second-order valence-corrected chi connectivity index (χ2v) is 3.12. The highest BCUT2D eigenvalue weighted by Crippen LogP contribution is 2.14. The first kappa shape index (κ1) is 9.78. The zero-order valence-electron chi connectivity index (χ0n) is 8.37. The average molecular weight is 177 g/mol. The van der Waals surface area contributed by atoms with Gasteiger partial charge in [-0.05, 0) is 26.0 Å². The minimum Gasteiger partial charge on any atom is -0.375 e. The maximum Gasteiger partial charge on any atom is 0.159 e. The molecule has 0 aliphatic rings. The Balaban J connectivity index is 2.98. The summed E-state index contributed by atoms with van der Waals surface area (Å²) in [6.07, 6.45) is 0. The smallest absolute Gasteiger partial charge is 0.159 e. The lowest BCUT2D eigenvalue weighted by atomic mass is 10.1. The van der Waals surface area contributed by atoms with E-state index in [1.807, 2.05) is 31.3 Å². The Bertz CT molecular complexity index is 307. The van der Waals surface area contributed by atoms with E-state index in [0.29, 0.717) is 0 Å². The van der Waals surface area contributed by atoms with Crippen LogP contribution in [0.2, 0.25) is 0 Å². The van der Waals surface area contributed by atoms with Crippen molar-refractivity contribution in [1.82, 2.24) is 0 Å². The van der Waals surface area contributed by atoms with Gasteiger partial charge in [0.1, 0.15) is 0 Å². The lowest BCUT2D eigenvalue weighted by Gasteiger charge is -2.16. The van der Waals surface area contributed by atoms with Gasteiger partial charge in [0.25, 0.3) is 0 Å².